The molecule has 0 aliphatic heterocycles. The average Bonchev–Trinajstić information content (AvgIpc) is 2.67. The fraction of sp³-hybridized carbons (Fsp3) is 0. The van der Waals surface area contributed by atoms with Crippen LogP contribution >= 0.6 is 11.3 Å². The Morgan fingerprint density at radius 1 is 1.27 bits per heavy atom. The molecule has 0 saturated carbocycles. The molecule has 15 heavy (non-hydrogen) atoms. The summed E-state index contributed by atoms with van der Waals surface area (Å²) in [6, 6.07) is 7.71. The van der Waals surface area contributed by atoms with Gasteiger partial charge in [0, 0.05) is 29.1 Å². The van der Waals surface area contributed by atoms with Crippen LogP contribution in [0.5, 0.6) is 0 Å². The highest BCUT2D eigenvalue weighted by molar-refractivity contribution is 7.16. The monoisotopic (exact) mass is 218 g/mol. The van der Waals surface area contributed by atoms with Crippen LogP contribution in [0.4, 0.5) is 4.39 Å². The van der Waals surface area contributed by atoms with Gasteiger partial charge in [-0.15, -0.1) is 11.3 Å². The fourth-order valence-corrected chi connectivity index (χ4v) is 2.22. The summed E-state index contributed by atoms with van der Waals surface area (Å²) in [7, 11) is 0. The summed E-state index contributed by atoms with van der Waals surface area (Å²) < 4.78 is 12.5. The number of aromatic nitrogens is 1. The van der Waals surface area contributed by atoms with E-state index in [9.17, 15) is 4.39 Å². The lowest BCUT2D eigenvalue weighted by atomic mass is 10.2. The van der Waals surface area contributed by atoms with E-state index in [1.165, 1.54) is 17.4 Å². The van der Waals surface area contributed by atoms with Crippen LogP contribution in [-0.4, -0.2) is 4.98 Å². The molecule has 0 atom stereocenters. The molecule has 3 heteroatoms. The van der Waals surface area contributed by atoms with Crippen LogP contribution in [0.2, 0.25) is 0 Å². The molecule has 1 radical (unpaired) electrons. The van der Waals surface area contributed by atoms with Crippen LogP contribution in [0, 0.1) is 6.92 Å². The van der Waals surface area contributed by atoms with Crippen LogP contribution < -0.4 is 0 Å². The molecule has 0 bridgehead atoms. The summed E-state index contributed by atoms with van der Waals surface area (Å²) in [5.74, 6) is -0.418. The number of nitrogens with zero attached hydrogens (tertiary/aromatic N) is 1. The van der Waals surface area contributed by atoms with Crippen molar-refractivity contribution in [2.24, 2.45) is 0 Å². The molecule has 0 fully saturated rings. The Morgan fingerprint density at radius 2 is 2.00 bits per heavy atom. The van der Waals surface area contributed by atoms with Gasteiger partial charge in [0.15, 0.2) is 0 Å². The first-order valence-corrected chi connectivity index (χ1v) is 5.27. The van der Waals surface area contributed by atoms with Crippen LogP contribution in [0.3, 0.4) is 0 Å². The molecule has 0 aliphatic rings. The highest BCUT2D eigenvalue weighted by atomic mass is 32.1. The van der Waals surface area contributed by atoms with Gasteiger partial charge in [-0.1, -0.05) is 0 Å². The minimum Gasteiger partial charge on any atom is -0.265 e. The molecule has 0 spiro atoms. The molecule has 0 amide bonds. The van der Waals surface area contributed by atoms with Gasteiger partial charge in [0.05, 0.1) is 0 Å². The Morgan fingerprint density at radius 3 is 2.67 bits per heavy atom. The van der Waals surface area contributed by atoms with Crippen LogP contribution in [0.25, 0.3) is 16.5 Å². The van der Waals surface area contributed by atoms with Gasteiger partial charge < -0.3 is 0 Å². The van der Waals surface area contributed by atoms with Crippen molar-refractivity contribution >= 4 is 17.4 Å². The Hall–Kier alpha value is -1.48. The average molecular weight is 218 g/mol. The maximum Gasteiger partial charge on any atom is 0.102 e. The van der Waals surface area contributed by atoms with Gasteiger partial charge in [0.2, 0.25) is 0 Å². The fourth-order valence-electron chi connectivity index (χ4n) is 1.26. The van der Waals surface area contributed by atoms with E-state index in [2.05, 4.69) is 11.9 Å². The van der Waals surface area contributed by atoms with Gasteiger partial charge in [0.25, 0.3) is 0 Å². The zero-order chi connectivity index (χ0) is 10.7. The maximum atomic E-state index is 12.5. The standard InChI is InChI=1S/C12H9FNS/c1-9(13)8-11-2-3-12(15-11)10-4-6-14-7-5-10/h2-8H,1H2/b9-8+. The van der Waals surface area contributed by atoms with Crippen molar-refractivity contribution < 1.29 is 4.39 Å². The third-order valence-corrected chi connectivity index (χ3v) is 2.97. The van der Waals surface area contributed by atoms with Crippen molar-refractivity contribution in [3.05, 3.63) is 54.3 Å². The molecule has 0 aliphatic carbocycles. The first-order valence-electron chi connectivity index (χ1n) is 4.45. The number of hydrogen-bond donors (Lipinski definition) is 0. The van der Waals surface area contributed by atoms with Crippen LogP contribution in [0.15, 0.2) is 42.5 Å². The molecule has 0 saturated heterocycles. The van der Waals surface area contributed by atoms with Gasteiger partial charge in [-0.05, 0) is 35.9 Å². The van der Waals surface area contributed by atoms with E-state index < -0.39 is 5.83 Å². The van der Waals surface area contributed by atoms with Crippen LogP contribution in [0.1, 0.15) is 4.88 Å². The summed E-state index contributed by atoms with van der Waals surface area (Å²) in [5, 5.41) is 0. The predicted octanol–water partition coefficient (Wildman–Crippen LogP) is 3.95. The van der Waals surface area contributed by atoms with E-state index in [4.69, 9.17) is 0 Å². The van der Waals surface area contributed by atoms with Crippen molar-refractivity contribution in [2.75, 3.05) is 0 Å². The largest absolute Gasteiger partial charge is 0.265 e. The number of hydrogen-bond acceptors (Lipinski definition) is 2. The maximum absolute atomic E-state index is 12.5. The highest BCUT2D eigenvalue weighted by Crippen LogP contribution is 2.28. The number of thiophene rings is 1. The summed E-state index contributed by atoms with van der Waals surface area (Å²) in [4.78, 5) is 5.92. The van der Waals surface area contributed by atoms with Crippen molar-refractivity contribution in [2.45, 2.75) is 0 Å². The first kappa shape index (κ1) is 10.1. The van der Waals surface area contributed by atoms with E-state index in [0.29, 0.717) is 0 Å². The van der Waals surface area contributed by atoms with Crippen molar-refractivity contribution in [3.8, 4) is 10.4 Å². The number of halogens is 1. The summed E-state index contributed by atoms with van der Waals surface area (Å²) in [6.45, 7) is 3.21. The minimum absolute atomic E-state index is 0.418. The third kappa shape index (κ3) is 2.50. The Bertz CT molecular complexity index is 469. The van der Waals surface area contributed by atoms with E-state index in [0.717, 1.165) is 15.3 Å². The predicted molar refractivity (Wildman–Crippen MR) is 62.0 cm³/mol. The number of allylic oxidation sites excluding steroid dienone is 1. The molecular formula is C12H9FNS. The summed E-state index contributed by atoms with van der Waals surface area (Å²) in [5.41, 5.74) is 1.10. The van der Waals surface area contributed by atoms with Crippen LogP contribution in [-0.2, 0) is 0 Å². The quantitative estimate of drug-likeness (QED) is 0.743. The lowest BCUT2D eigenvalue weighted by molar-refractivity contribution is 0.673. The number of rotatable bonds is 2. The highest BCUT2D eigenvalue weighted by Gasteiger charge is 2.00. The SMILES string of the molecule is [CH2]/C(F)=C\c1ccc(-c2ccncc2)s1. The van der Waals surface area contributed by atoms with E-state index in [1.807, 2.05) is 24.3 Å². The number of pyridine rings is 1. The molecule has 2 aromatic rings. The van der Waals surface area contributed by atoms with Crippen molar-refractivity contribution in [1.29, 1.82) is 0 Å². The summed E-state index contributed by atoms with van der Waals surface area (Å²) in [6.07, 6.45) is 4.91. The van der Waals surface area contributed by atoms with Crippen molar-refractivity contribution in [1.82, 2.24) is 4.98 Å². The Balaban J connectivity index is 2.32. The van der Waals surface area contributed by atoms with Gasteiger partial charge in [0.1, 0.15) is 5.83 Å². The molecular weight excluding hydrogens is 209 g/mol. The van der Waals surface area contributed by atoms with E-state index in [1.54, 1.807) is 12.4 Å². The van der Waals surface area contributed by atoms with E-state index in [-0.39, 0.29) is 0 Å². The first-order chi connectivity index (χ1) is 7.25. The van der Waals surface area contributed by atoms with Gasteiger partial charge in [-0.25, -0.2) is 4.39 Å². The lowest BCUT2D eigenvalue weighted by Crippen LogP contribution is -1.71. The minimum atomic E-state index is -0.418. The Kier molecular flexibility index (Phi) is 2.92. The second kappa shape index (κ2) is 4.36. The molecule has 0 N–H and O–H groups in total. The smallest absolute Gasteiger partial charge is 0.102 e. The third-order valence-electron chi connectivity index (χ3n) is 1.89. The Labute approximate surface area is 91.9 Å². The zero-order valence-corrected chi connectivity index (χ0v) is 8.80. The molecule has 75 valence electrons. The second-order valence-electron chi connectivity index (χ2n) is 3.03. The van der Waals surface area contributed by atoms with Crippen molar-refractivity contribution in [3.63, 3.8) is 0 Å². The second-order valence-corrected chi connectivity index (χ2v) is 4.14. The van der Waals surface area contributed by atoms with Gasteiger partial charge in [-0.2, -0.15) is 0 Å². The molecule has 2 rings (SSSR count). The lowest BCUT2D eigenvalue weighted by Gasteiger charge is -1.93. The zero-order valence-electron chi connectivity index (χ0n) is 7.98. The molecule has 1 nitrogen and oxygen atoms in total. The van der Waals surface area contributed by atoms with E-state index >= 15 is 0 Å². The molecule has 0 aromatic carbocycles. The molecule has 2 aromatic heterocycles. The summed E-state index contributed by atoms with van der Waals surface area (Å²) >= 11 is 1.53. The van der Waals surface area contributed by atoms with Gasteiger partial charge in [-0.3, -0.25) is 4.98 Å². The normalized spacial score (nSPS) is 11.7. The topological polar surface area (TPSA) is 12.9 Å². The van der Waals surface area contributed by atoms with Gasteiger partial charge >= 0.3 is 0 Å². The molecule has 2 heterocycles. The molecule has 0 unspecified atom stereocenters.